The molecule has 0 aliphatic carbocycles. The number of nitrogens with one attached hydrogen (secondary N) is 1. The van der Waals surface area contributed by atoms with Gasteiger partial charge in [0, 0.05) is 13.1 Å². The predicted octanol–water partition coefficient (Wildman–Crippen LogP) is 2.38. The molecule has 0 aromatic rings. The Morgan fingerprint density at radius 1 is 1.15 bits per heavy atom. The Morgan fingerprint density at radius 3 is 1.92 bits per heavy atom. The third kappa shape index (κ3) is 24.5. The lowest BCUT2D eigenvalue weighted by Gasteiger charge is -2.12. The van der Waals surface area contributed by atoms with Crippen molar-refractivity contribution in [1.82, 2.24) is 10.2 Å². The fourth-order valence-electron chi connectivity index (χ4n) is 0.605. The molecule has 0 fully saturated rings. The maximum absolute atomic E-state index is 3.27. The highest BCUT2D eigenvalue weighted by atomic mass is 15.1. The van der Waals surface area contributed by atoms with Crippen LogP contribution in [0.5, 0.6) is 0 Å². The Hall–Kier alpha value is -0.340. The normalized spacial score (nSPS) is 8.15. The van der Waals surface area contributed by atoms with Crippen molar-refractivity contribution in [3.8, 4) is 0 Å². The van der Waals surface area contributed by atoms with Gasteiger partial charge in [-0.1, -0.05) is 27.7 Å². The van der Waals surface area contributed by atoms with Crippen molar-refractivity contribution in [1.29, 1.82) is 0 Å². The lowest BCUT2D eigenvalue weighted by Crippen LogP contribution is -2.28. The summed E-state index contributed by atoms with van der Waals surface area (Å²) in [6.45, 7) is 18.8. The quantitative estimate of drug-likeness (QED) is 0.526. The largest absolute Gasteiger partial charge is 0.316 e. The van der Waals surface area contributed by atoms with Crippen LogP contribution in [0.25, 0.3) is 0 Å². The Bertz CT molecular complexity index is 65.1. The monoisotopic (exact) mass is 188 g/mol. The molecule has 0 amide bonds. The molecule has 0 aromatic heterocycles. The Morgan fingerprint density at radius 2 is 1.62 bits per heavy atom. The van der Waals surface area contributed by atoms with Crippen molar-refractivity contribution in [3.63, 3.8) is 0 Å². The first kappa shape index (κ1) is 18.4. The van der Waals surface area contributed by atoms with Gasteiger partial charge in [-0.2, -0.15) is 0 Å². The van der Waals surface area contributed by atoms with Gasteiger partial charge in [-0.25, -0.2) is 0 Å². The second-order valence-corrected chi connectivity index (χ2v) is 2.25. The van der Waals surface area contributed by atoms with Gasteiger partial charge in [0.05, 0.1) is 0 Å². The molecule has 2 heteroatoms. The molecule has 0 saturated heterocycles. The molecule has 0 aliphatic heterocycles. The second kappa shape index (κ2) is 22.6. The number of nitrogens with zero attached hydrogens (tertiary/aromatic N) is 1. The van der Waals surface area contributed by atoms with E-state index in [1.165, 1.54) is 0 Å². The van der Waals surface area contributed by atoms with Crippen LogP contribution in [0.3, 0.4) is 0 Å². The summed E-state index contributed by atoms with van der Waals surface area (Å²) in [5.41, 5.74) is 0. The molecule has 0 spiro atoms. The molecule has 2 nitrogen and oxygen atoms in total. The van der Waals surface area contributed by atoms with E-state index in [4.69, 9.17) is 0 Å². The van der Waals surface area contributed by atoms with E-state index < -0.39 is 0 Å². The Kier molecular flexibility index (Phi) is 32.0. The van der Waals surface area contributed by atoms with E-state index in [0.29, 0.717) is 0 Å². The molecule has 0 rings (SSSR count). The lowest BCUT2D eigenvalue weighted by molar-refractivity contribution is 0.350. The summed E-state index contributed by atoms with van der Waals surface area (Å²) in [5, 5.41) is 3.27. The molecule has 0 unspecified atom stereocenters. The van der Waals surface area contributed by atoms with E-state index >= 15 is 0 Å². The van der Waals surface area contributed by atoms with Gasteiger partial charge < -0.3 is 10.2 Å². The molecule has 0 heterocycles. The van der Waals surface area contributed by atoms with Crippen LogP contribution in [0.15, 0.2) is 13.2 Å². The fourth-order valence-corrected chi connectivity index (χ4v) is 0.605. The van der Waals surface area contributed by atoms with E-state index in [1.54, 1.807) is 0 Å². The lowest BCUT2D eigenvalue weighted by atomic mass is 10.5. The number of hydrogen-bond donors (Lipinski definition) is 1. The summed E-state index contributed by atoms with van der Waals surface area (Å²) >= 11 is 0. The van der Waals surface area contributed by atoms with E-state index in [9.17, 15) is 0 Å². The first-order valence-corrected chi connectivity index (χ1v) is 5.20. The van der Waals surface area contributed by atoms with Gasteiger partial charge in [-0.15, -0.1) is 13.2 Å². The first-order chi connectivity index (χ1) is 6.31. The first-order valence-electron chi connectivity index (χ1n) is 5.20. The third-order valence-electron chi connectivity index (χ3n) is 1.46. The smallest absolute Gasteiger partial charge is 0.0104 e. The zero-order valence-corrected chi connectivity index (χ0v) is 10.2. The highest BCUT2D eigenvalue weighted by Crippen LogP contribution is 1.76. The molecule has 0 aliphatic rings. The minimum Gasteiger partial charge on any atom is -0.316 e. The summed E-state index contributed by atoms with van der Waals surface area (Å²) < 4.78 is 0. The van der Waals surface area contributed by atoms with E-state index in [1.807, 2.05) is 13.8 Å². The van der Waals surface area contributed by atoms with Crippen molar-refractivity contribution < 1.29 is 0 Å². The fraction of sp³-hybridized carbons (Fsp3) is 0.818. The van der Waals surface area contributed by atoms with Crippen LogP contribution >= 0.6 is 0 Å². The van der Waals surface area contributed by atoms with Gasteiger partial charge in [0.2, 0.25) is 0 Å². The summed E-state index contributed by atoms with van der Waals surface area (Å²) in [6, 6.07) is 0. The molecule has 0 atom stereocenters. The topological polar surface area (TPSA) is 15.3 Å². The predicted molar refractivity (Wildman–Crippen MR) is 64.3 cm³/mol. The van der Waals surface area contributed by atoms with Crippen molar-refractivity contribution in [2.45, 2.75) is 27.7 Å². The number of likely N-dealkylation sites (N-methyl/N-ethyl adjacent to an activating group) is 2. The van der Waals surface area contributed by atoms with Crippen LogP contribution in [0.2, 0.25) is 0 Å². The molecule has 0 aromatic carbocycles. The van der Waals surface area contributed by atoms with Crippen LogP contribution in [-0.2, 0) is 0 Å². The molecule has 13 heavy (non-hydrogen) atoms. The molecule has 0 radical (unpaired) electrons. The molecular weight excluding hydrogens is 160 g/mol. The molecular formula is C11H28N2. The standard InChI is InChI=1S/C7H18N2.C2H6.C2H4/c1-4-8-6-7-9(3)5-2;2*1-2/h8H,4-7H2,1-3H3;1-2H3;1-2H2. The Balaban J connectivity index is -0.000000218. The van der Waals surface area contributed by atoms with Gasteiger partial charge in [-0.3, -0.25) is 0 Å². The SMILES string of the molecule is C=C.CC.CCNCCN(C)CC. The second-order valence-electron chi connectivity index (χ2n) is 2.25. The van der Waals surface area contributed by atoms with Crippen LogP contribution in [0.4, 0.5) is 0 Å². The van der Waals surface area contributed by atoms with Crippen LogP contribution in [0.1, 0.15) is 27.7 Å². The van der Waals surface area contributed by atoms with E-state index in [2.05, 4.69) is 44.3 Å². The minimum absolute atomic E-state index is 1.08. The maximum Gasteiger partial charge on any atom is 0.0104 e. The van der Waals surface area contributed by atoms with Crippen molar-refractivity contribution in [2.75, 3.05) is 33.2 Å². The average molecular weight is 188 g/mol. The molecule has 0 bridgehead atoms. The Labute approximate surface area is 85.0 Å². The van der Waals surface area contributed by atoms with Gasteiger partial charge >= 0.3 is 0 Å². The summed E-state index contributed by atoms with van der Waals surface area (Å²) in [4.78, 5) is 2.29. The minimum atomic E-state index is 1.08. The highest BCUT2D eigenvalue weighted by Gasteiger charge is 1.90. The molecule has 1 N–H and O–H groups in total. The van der Waals surface area contributed by atoms with Crippen LogP contribution in [0, 0.1) is 0 Å². The van der Waals surface area contributed by atoms with E-state index in [0.717, 1.165) is 26.2 Å². The van der Waals surface area contributed by atoms with Gasteiger partial charge in [0.1, 0.15) is 0 Å². The van der Waals surface area contributed by atoms with Crippen LogP contribution in [-0.4, -0.2) is 38.1 Å². The highest BCUT2D eigenvalue weighted by molar-refractivity contribution is 4.49. The van der Waals surface area contributed by atoms with Gasteiger partial charge in [0.15, 0.2) is 0 Å². The molecule has 0 saturated carbocycles. The number of hydrogen-bond acceptors (Lipinski definition) is 2. The van der Waals surface area contributed by atoms with Gasteiger partial charge in [0.25, 0.3) is 0 Å². The zero-order valence-electron chi connectivity index (χ0n) is 10.2. The summed E-state index contributed by atoms with van der Waals surface area (Å²) in [7, 11) is 2.14. The third-order valence-corrected chi connectivity index (χ3v) is 1.46. The van der Waals surface area contributed by atoms with Crippen molar-refractivity contribution in [2.24, 2.45) is 0 Å². The average Bonchev–Trinajstić information content (AvgIpc) is 2.24. The van der Waals surface area contributed by atoms with Crippen LogP contribution < -0.4 is 5.32 Å². The number of rotatable bonds is 5. The van der Waals surface area contributed by atoms with Gasteiger partial charge in [-0.05, 0) is 20.1 Å². The van der Waals surface area contributed by atoms with Crippen molar-refractivity contribution >= 4 is 0 Å². The van der Waals surface area contributed by atoms with E-state index in [-0.39, 0.29) is 0 Å². The maximum atomic E-state index is 3.27. The summed E-state index contributed by atoms with van der Waals surface area (Å²) in [5.74, 6) is 0. The van der Waals surface area contributed by atoms with Crippen molar-refractivity contribution in [3.05, 3.63) is 13.2 Å². The molecule has 82 valence electrons. The zero-order chi connectivity index (χ0) is 11.1. The summed E-state index contributed by atoms with van der Waals surface area (Å²) in [6.07, 6.45) is 0.